The molecule has 0 aliphatic heterocycles. The maximum absolute atomic E-state index is 12.6. The van der Waals surface area contributed by atoms with Gasteiger partial charge in [-0.15, -0.1) is 0 Å². The number of hydrogen-bond acceptors (Lipinski definition) is 5. The molecule has 2 amide bonds. The number of carbonyl (C=O) groups is 3. The first-order chi connectivity index (χ1) is 12.7. The van der Waals surface area contributed by atoms with Crippen molar-refractivity contribution in [2.45, 2.75) is 52.8 Å². The van der Waals surface area contributed by atoms with Crippen LogP contribution in [-0.2, 0) is 25.7 Å². The summed E-state index contributed by atoms with van der Waals surface area (Å²) < 4.78 is 9.93. The SMILES string of the molecule is COC(=O)C(CC(C)C)NC(=O)C(NC(=O)OCc1ccccc1)C(C)C. The largest absolute Gasteiger partial charge is 0.467 e. The van der Waals surface area contributed by atoms with Crippen molar-refractivity contribution in [3.63, 3.8) is 0 Å². The summed E-state index contributed by atoms with van der Waals surface area (Å²) in [7, 11) is 1.28. The molecule has 0 aromatic heterocycles. The summed E-state index contributed by atoms with van der Waals surface area (Å²) in [4.78, 5) is 36.6. The molecule has 2 unspecified atom stereocenters. The van der Waals surface area contributed by atoms with Crippen LogP contribution in [0.4, 0.5) is 4.79 Å². The minimum Gasteiger partial charge on any atom is -0.467 e. The number of benzene rings is 1. The zero-order valence-corrected chi connectivity index (χ0v) is 16.7. The van der Waals surface area contributed by atoms with Crippen molar-refractivity contribution in [1.82, 2.24) is 10.6 Å². The summed E-state index contributed by atoms with van der Waals surface area (Å²) >= 11 is 0. The number of rotatable bonds is 9. The average Bonchev–Trinajstić information content (AvgIpc) is 2.63. The van der Waals surface area contributed by atoms with E-state index in [2.05, 4.69) is 10.6 Å². The second kappa shape index (κ2) is 11.2. The fourth-order valence-electron chi connectivity index (χ4n) is 2.52. The van der Waals surface area contributed by atoms with Crippen LogP contribution in [0.1, 0.15) is 39.7 Å². The normalized spacial score (nSPS) is 13.0. The lowest BCUT2D eigenvalue weighted by Gasteiger charge is -2.25. The van der Waals surface area contributed by atoms with E-state index in [1.165, 1.54) is 7.11 Å². The molecule has 7 heteroatoms. The average molecular weight is 378 g/mol. The molecule has 0 fully saturated rings. The quantitative estimate of drug-likeness (QED) is 0.644. The summed E-state index contributed by atoms with van der Waals surface area (Å²) in [6, 6.07) is 7.67. The Labute approximate surface area is 160 Å². The number of esters is 1. The van der Waals surface area contributed by atoms with Crippen molar-refractivity contribution in [3.05, 3.63) is 35.9 Å². The third-order valence-corrected chi connectivity index (χ3v) is 3.94. The minimum atomic E-state index is -0.826. The van der Waals surface area contributed by atoms with E-state index in [1.54, 1.807) is 13.8 Å². The van der Waals surface area contributed by atoms with E-state index in [0.29, 0.717) is 6.42 Å². The maximum atomic E-state index is 12.6. The summed E-state index contributed by atoms with van der Waals surface area (Å²) in [6.45, 7) is 7.61. The van der Waals surface area contributed by atoms with Gasteiger partial charge in [0.2, 0.25) is 5.91 Å². The number of ether oxygens (including phenoxy) is 2. The molecular weight excluding hydrogens is 348 g/mol. The molecule has 1 rings (SSSR count). The van der Waals surface area contributed by atoms with Crippen LogP contribution in [0.3, 0.4) is 0 Å². The van der Waals surface area contributed by atoms with Crippen molar-refractivity contribution in [1.29, 1.82) is 0 Å². The number of nitrogens with one attached hydrogen (secondary N) is 2. The van der Waals surface area contributed by atoms with Crippen molar-refractivity contribution in [2.75, 3.05) is 7.11 Å². The van der Waals surface area contributed by atoms with Crippen LogP contribution < -0.4 is 10.6 Å². The van der Waals surface area contributed by atoms with Crippen LogP contribution in [0, 0.1) is 11.8 Å². The Kier molecular flexibility index (Phi) is 9.33. The highest BCUT2D eigenvalue weighted by molar-refractivity contribution is 5.89. The lowest BCUT2D eigenvalue weighted by atomic mass is 10.0. The predicted molar refractivity (Wildman–Crippen MR) is 102 cm³/mol. The molecule has 150 valence electrons. The van der Waals surface area contributed by atoms with Gasteiger partial charge in [-0.3, -0.25) is 4.79 Å². The van der Waals surface area contributed by atoms with Crippen LogP contribution >= 0.6 is 0 Å². The topological polar surface area (TPSA) is 93.7 Å². The highest BCUT2D eigenvalue weighted by atomic mass is 16.5. The van der Waals surface area contributed by atoms with Gasteiger partial charge in [0, 0.05) is 0 Å². The van der Waals surface area contributed by atoms with Crippen molar-refractivity contribution in [3.8, 4) is 0 Å². The monoisotopic (exact) mass is 378 g/mol. The van der Waals surface area contributed by atoms with Gasteiger partial charge in [-0.1, -0.05) is 58.0 Å². The summed E-state index contributed by atoms with van der Waals surface area (Å²) in [6.07, 6.45) is -0.243. The summed E-state index contributed by atoms with van der Waals surface area (Å²) in [5.74, 6) is -0.953. The van der Waals surface area contributed by atoms with Crippen molar-refractivity contribution < 1.29 is 23.9 Å². The van der Waals surface area contributed by atoms with E-state index < -0.39 is 30.1 Å². The third-order valence-electron chi connectivity index (χ3n) is 3.94. The molecule has 1 aromatic carbocycles. The van der Waals surface area contributed by atoms with Crippen LogP contribution in [0.2, 0.25) is 0 Å². The summed E-state index contributed by atoms with van der Waals surface area (Å²) in [5, 5.41) is 5.25. The molecule has 0 radical (unpaired) electrons. The van der Waals surface area contributed by atoms with Crippen molar-refractivity contribution in [2.24, 2.45) is 11.8 Å². The molecule has 0 spiro atoms. The molecular formula is C20H30N2O5. The zero-order chi connectivity index (χ0) is 20.4. The Bertz CT molecular complexity index is 616. The van der Waals surface area contributed by atoms with E-state index in [-0.39, 0.29) is 18.4 Å². The molecule has 7 nitrogen and oxygen atoms in total. The first kappa shape index (κ1) is 22.5. The van der Waals surface area contributed by atoms with Gasteiger partial charge < -0.3 is 20.1 Å². The fraction of sp³-hybridized carbons (Fsp3) is 0.550. The van der Waals surface area contributed by atoms with E-state index in [0.717, 1.165) is 5.56 Å². The van der Waals surface area contributed by atoms with Gasteiger partial charge in [-0.25, -0.2) is 9.59 Å². The van der Waals surface area contributed by atoms with Crippen LogP contribution in [-0.4, -0.2) is 37.2 Å². The van der Waals surface area contributed by atoms with Gasteiger partial charge in [0.15, 0.2) is 0 Å². The number of amides is 2. The minimum absolute atomic E-state index is 0.108. The zero-order valence-electron chi connectivity index (χ0n) is 16.7. The Balaban J connectivity index is 2.68. The Morgan fingerprint density at radius 3 is 2.15 bits per heavy atom. The van der Waals surface area contributed by atoms with Crippen molar-refractivity contribution >= 4 is 18.0 Å². The molecule has 0 heterocycles. The van der Waals surface area contributed by atoms with Crippen LogP contribution in [0.5, 0.6) is 0 Å². The number of methoxy groups -OCH3 is 1. The van der Waals surface area contributed by atoms with Gasteiger partial charge in [-0.2, -0.15) is 0 Å². The lowest BCUT2D eigenvalue weighted by Crippen LogP contribution is -2.54. The van der Waals surface area contributed by atoms with E-state index in [4.69, 9.17) is 9.47 Å². The molecule has 27 heavy (non-hydrogen) atoms. The second-order valence-corrected chi connectivity index (χ2v) is 7.14. The first-order valence-corrected chi connectivity index (χ1v) is 9.10. The Morgan fingerprint density at radius 2 is 1.63 bits per heavy atom. The second-order valence-electron chi connectivity index (χ2n) is 7.14. The van der Waals surface area contributed by atoms with Gasteiger partial charge in [-0.05, 0) is 23.8 Å². The Hall–Kier alpha value is -2.57. The van der Waals surface area contributed by atoms with E-state index in [9.17, 15) is 14.4 Å². The van der Waals surface area contributed by atoms with Crippen LogP contribution in [0.15, 0.2) is 30.3 Å². The summed E-state index contributed by atoms with van der Waals surface area (Å²) in [5.41, 5.74) is 0.848. The smallest absolute Gasteiger partial charge is 0.408 e. The fourth-order valence-corrected chi connectivity index (χ4v) is 2.52. The van der Waals surface area contributed by atoms with Gasteiger partial charge in [0.1, 0.15) is 18.7 Å². The van der Waals surface area contributed by atoms with Gasteiger partial charge in [0.05, 0.1) is 7.11 Å². The van der Waals surface area contributed by atoms with E-state index >= 15 is 0 Å². The molecule has 0 aliphatic carbocycles. The molecule has 2 atom stereocenters. The number of hydrogen-bond donors (Lipinski definition) is 2. The molecule has 2 N–H and O–H groups in total. The molecule has 0 saturated heterocycles. The molecule has 1 aromatic rings. The van der Waals surface area contributed by atoms with Gasteiger partial charge in [0.25, 0.3) is 0 Å². The molecule has 0 aliphatic rings. The lowest BCUT2D eigenvalue weighted by molar-refractivity contribution is -0.145. The molecule has 0 saturated carbocycles. The maximum Gasteiger partial charge on any atom is 0.408 e. The predicted octanol–water partition coefficient (Wildman–Crippen LogP) is 2.64. The van der Waals surface area contributed by atoms with Gasteiger partial charge >= 0.3 is 12.1 Å². The van der Waals surface area contributed by atoms with Crippen LogP contribution in [0.25, 0.3) is 0 Å². The van der Waals surface area contributed by atoms with E-state index in [1.807, 2.05) is 44.2 Å². The highest BCUT2D eigenvalue weighted by Gasteiger charge is 2.30. The highest BCUT2D eigenvalue weighted by Crippen LogP contribution is 2.09. The Morgan fingerprint density at radius 1 is 1.00 bits per heavy atom. The third kappa shape index (κ3) is 8.11. The first-order valence-electron chi connectivity index (χ1n) is 9.10. The molecule has 0 bridgehead atoms. The number of carbonyl (C=O) groups excluding carboxylic acids is 3. The number of alkyl carbamates (subject to hydrolysis) is 1. The standard InChI is InChI=1S/C20H30N2O5/c1-13(2)11-16(19(24)26-5)21-18(23)17(14(3)4)22-20(25)27-12-15-9-7-6-8-10-15/h6-10,13-14,16-17H,11-12H2,1-5H3,(H,21,23)(H,22,25).